The Morgan fingerprint density at radius 1 is 1.27 bits per heavy atom. The van der Waals surface area contributed by atoms with E-state index in [4.69, 9.17) is 4.98 Å². The van der Waals surface area contributed by atoms with Crippen LogP contribution in [0.2, 0.25) is 0 Å². The van der Waals surface area contributed by atoms with E-state index in [-0.39, 0.29) is 6.04 Å². The number of fused-ring (bicyclic) bond motifs is 1. The lowest BCUT2D eigenvalue weighted by Crippen LogP contribution is -2.23. The van der Waals surface area contributed by atoms with Gasteiger partial charge < -0.3 is 10.4 Å². The predicted octanol–water partition coefficient (Wildman–Crippen LogP) is 2.99. The Bertz CT molecular complexity index is 696. The van der Waals surface area contributed by atoms with Gasteiger partial charge in [0.1, 0.15) is 5.82 Å². The standard InChI is InChI=1S/C18H21N3O/c1-2-13-10-19-16(11-7-8-11)18(20-13)21-17-14-6-4-3-5-12(14)9-15(17)22/h3-6,10-11,15,17,22H,2,7-9H2,1H3,(H,20,21). The Morgan fingerprint density at radius 2 is 2.09 bits per heavy atom. The largest absolute Gasteiger partial charge is 0.390 e. The summed E-state index contributed by atoms with van der Waals surface area (Å²) >= 11 is 0. The molecule has 2 unspecified atom stereocenters. The number of hydrogen-bond acceptors (Lipinski definition) is 4. The molecule has 0 aliphatic heterocycles. The van der Waals surface area contributed by atoms with E-state index >= 15 is 0 Å². The first kappa shape index (κ1) is 13.7. The maximum atomic E-state index is 10.4. The highest BCUT2D eigenvalue weighted by Crippen LogP contribution is 2.43. The molecule has 2 N–H and O–H groups in total. The third-order valence-electron chi connectivity index (χ3n) is 4.67. The van der Waals surface area contributed by atoms with Gasteiger partial charge in [-0.15, -0.1) is 0 Å². The van der Waals surface area contributed by atoms with Crippen molar-refractivity contribution in [2.24, 2.45) is 0 Å². The highest BCUT2D eigenvalue weighted by atomic mass is 16.3. The Kier molecular flexibility index (Phi) is 3.34. The molecule has 1 aromatic heterocycles. The lowest BCUT2D eigenvalue weighted by molar-refractivity contribution is 0.165. The number of benzene rings is 1. The zero-order valence-electron chi connectivity index (χ0n) is 12.8. The van der Waals surface area contributed by atoms with Crippen LogP contribution in [0.15, 0.2) is 30.5 Å². The van der Waals surface area contributed by atoms with E-state index in [0.717, 1.165) is 23.6 Å². The molecule has 1 fully saturated rings. The van der Waals surface area contributed by atoms with Crippen molar-refractivity contribution >= 4 is 5.82 Å². The van der Waals surface area contributed by atoms with Gasteiger partial charge >= 0.3 is 0 Å². The van der Waals surface area contributed by atoms with Crippen molar-refractivity contribution in [3.63, 3.8) is 0 Å². The molecular weight excluding hydrogens is 274 g/mol. The average molecular weight is 295 g/mol. The predicted molar refractivity (Wildman–Crippen MR) is 85.9 cm³/mol. The second kappa shape index (κ2) is 5.36. The summed E-state index contributed by atoms with van der Waals surface area (Å²) in [5.41, 5.74) is 4.46. The zero-order valence-corrected chi connectivity index (χ0v) is 12.8. The van der Waals surface area contributed by atoms with Crippen molar-refractivity contribution in [2.75, 3.05) is 5.32 Å². The number of rotatable bonds is 4. The summed E-state index contributed by atoms with van der Waals surface area (Å²) in [6.45, 7) is 2.09. The first-order chi connectivity index (χ1) is 10.8. The summed E-state index contributed by atoms with van der Waals surface area (Å²) in [6.07, 6.45) is 5.44. The summed E-state index contributed by atoms with van der Waals surface area (Å²) in [5, 5.41) is 13.9. The van der Waals surface area contributed by atoms with Crippen LogP contribution in [-0.2, 0) is 12.8 Å². The molecular formula is C18H21N3O. The topological polar surface area (TPSA) is 58.0 Å². The molecule has 0 amide bonds. The van der Waals surface area contributed by atoms with Crippen molar-refractivity contribution < 1.29 is 5.11 Å². The minimum absolute atomic E-state index is 0.0879. The van der Waals surface area contributed by atoms with Gasteiger partial charge in [-0.3, -0.25) is 4.98 Å². The number of aryl methyl sites for hydroxylation is 1. The fraction of sp³-hybridized carbons (Fsp3) is 0.444. The van der Waals surface area contributed by atoms with Crippen molar-refractivity contribution in [3.8, 4) is 0 Å². The van der Waals surface area contributed by atoms with Gasteiger partial charge in [0.05, 0.1) is 23.5 Å². The molecule has 0 bridgehead atoms. The molecule has 0 spiro atoms. The van der Waals surface area contributed by atoms with Crippen molar-refractivity contribution in [3.05, 3.63) is 53.0 Å². The number of nitrogens with zero attached hydrogens (tertiary/aromatic N) is 2. The van der Waals surface area contributed by atoms with Crippen LogP contribution < -0.4 is 5.32 Å². The van der Waals surface area contributed by atoms with Crippen LogP contribution >= 0.6 is 0 Å². The van der Waals surface area contributed by atoms with Gasteiger partial charge in [0.15, 0.2) is 0 Å². The Morgan fingerprint density at radius 3 is 2.86 bits per heavy atom. The number of aliphatic hydroxyl groups excluding tert-OH is 1. The van der Waals surface area contributed by atoms with Crippen LogP contribution in [0, 0.1) is 0 Å². The van der Waals surface area contributed by atoms with Gasteiger partial charge in [-0.05, 0) is 30.4 Å². The first-order valence-electron chi connectivity index (χ1n) is 8.14. The van der Waals surface area contributed by atoms with Crippen LogP contribution in [0.5, 0.6) is 0 Å². The number of anilines is 1. The van der Waals surface area contributed by atoms with Crippen molar-refractivity contribution in [1.82, 2.24) is 9.97 Å². The smallest absolute Gasteiger partial charge is 0.148 e. The Labute approximate surface area is 130 Å². The first-order valence-corrected chi connectivity index (χ1v) is 8.14. The number of aromatic nitrogens is 2. The van der Waals surface area contributed by atoms with E-state index < -0.39 is 6.10 Å². The second-order valence-electron chi connectivity index (χ2n) is 6.32. The van der Waals surface area contributed by atoms with Gasteiger partial charge in [-0.1, -0.05) is 31.2 Å². The lowest BCUT2D eigenvalue weighted by atomic mass is 10.1. The molecule has 1 heterocycles. The summed E-state index contributed by atoms with van der Waals surface area (Å²) in [6, 6.07) is 8.16. The minimum Gasteiger partial charge on any atom is -0.390 e. The minimum atomic E-state index is -0.406. The van der Waals surface area contributed by atoms with Crippen LogP contribution in [0.25, 0.3) is 0 Å². The van der Waals surface area contributed by atoms with Crippen molar-refractivity contribution in [1.29, 1.82) is 0 Å². The monoisotopic (exact) mass is 295 g/mol. The molecule has 2 aliphatic rings. The molecule has 2 atom stereocenters. The number of aliphatic hydroxyl groups is 1. The maximum Gasteiger partial charge on any atom is 0.148 e. The average Bonchev–Trinajstić information content (AvgIpc) is 3.33. The highest BCUT2D eigenvalue weighted by molar-refractivity contribution is 5.50. The van der Waals surface area contributed by atoms with Gasteiger partial charge in [-0.25, -0.2) is 4.98 Å². The van der Waals surface area contributed by atoms with Gasteiger partial charge in [0, 0.05) is 18.5 Å². The second-order valence-corrected chi connectivity index (χ2v) is 6.32. The molecule has 2 aromatic rings. The summed E-state index contributed by atoms with van der Waals surface area (Å²) in [7, 11) is 0. The van der Waals surface area contributed by atoms with E-state index in [1.54, 1.807) is 0 Å². The Hall–Kier alpha value is -1.94. The van der Waals surface area contributed by atoms with Gasteiger partial charge in [0.2, 0.25) is 0 Å². The van der Waals surface area contributed by atoms with Crippen LogP contribution in [0.1, 0.15) is 54.2 Å². The lowest BCUT2D eigenvalue weighted by Gasteiger charge is -2.20. The van der Waals surface area contributed by atoms with Crippen molar-refractivity contribution in [2.45, 2.75) is 50.7 Å². The van der Waals surface area contributed by atoms with Gasteiger partial charge in [0.25, 0.3) is 0 Å². The molecule has 4 heteroatoms. The fourth-order valence-electron chi connectivity index (χ4n) is 3.26. The third-order valence-corrected chi connectivity index (χ3v) is 4.67. The fourth-order valence-corrected chi connectivity index (χ4v) is 3.26. The van der Waals surface area contributed by atoms with E-state index in [0.29, 0.717) is 12.3 Å². The summed E-state index contributed by atoms with van der Waals surface area (Å²) < 4.78 is 0. The molecule has 0 saturated heterocycles. The molecule has 1 saturated carbocycles. The maximum absolute atomic E-state index is 10.4. The van der Waals surface area contributed by atoms with Crippen LogP contribution in [0.3, 0.4) is 0 Å². The zero-order chi connectivity index (χ0) is 15.1. The molecule has 22 heavy (non-hydrogen) atoms. The van der Waals surface area contributed by atoms with E-state index in [2.05, 4.69) is 29.4 Å². The van der Waals surface area contributed by atoms with E-state index in [1.807, 2.05) is 18.3 Å². The summed E-state index contributed by atoms with van der Waals surface area (Å²) in [4.78, 5) is 9.37. The number of nitrogens with one attached hydrogen (secondary N) is 1. The molecule has 114 valence electrons. The molecule has 4 rings (SSSR count). The molecule has 4 nitrogen and oxygen atoms in total. The quantitative estimate of drug-likeness (QED) is 0.910. The van der Waals surface area contributed by atoms with E-state index in [9.17, 15) is 5.11 Å². The summed E-state index contributed by atoms with van der Waals surface area (Å²) in [5.74, 6) is 1.40. The normalized spacial score (nSPS) is 23.4. The highest BCUT2D eigenvalue weighted by Gasteiger charge is 2.34. The number of hydrogen-bond donors (Lipinski definition) is 2. The third kappa shape index (κ3) is 2.37. The van der Waals surface area contributed by atoms with Crippen LogP contribution in [-0.4, -0.2) is 21.2 Å². The van der Waals surface area contributed by atoms with Gasteiger partial charge in [-0.2, -0.15) is 0 Å². The van der Waals surface area contributed by atoms with Crippen LogP contribution in [0.4, 0.5) is 5.82 Å². The van der Waals surface area contributed by atoms with E-state index in [1.165, 1.54) is 24.0 Å². The molecule has 0 radical (unpaired) electrons. The molecule has 2 aliphatic carbocycles. The SMILES string of the molecule is CCc1cnc(C2CC2)c(NC2c3ccccc3CC2O)n1. The molecule has 1 aromatic carbocycles. The Balaban J connectivity index is 1.68.